The van der Waals surface area contributed by atoms with E-state index in [1.807, 2.05) is 19.9 Å². The first-order chi connectivity index (χ1) is 8.99. The molecule has 0 aliphatic heterocycles. The number of ether oxygens (including phenoxy) is 1. The molecule has 0 aromatic carbocycles. The van der Waals surface area contributed by atoms with Crippen LogP contribution in [0.15, 0.2) is 6.07 Å². The molecule has 0 saturated carbocycles. The number of esters is 1. The van der Waals surface area contributed by atoms with Gasteiger partial charge in [-0.3, -0.25) is 4.98 Å². The Kier molecular flexibility index (Phi) is 3.93. The third-order valence-electron chi connectivity index (χ3n) is 3.90. The molecule has 1 aromatic heterocycles. The van der Waals surface area contributed by atoms with Crippen molar-refractivity contribution in [2.24, 2.45) is 0 Å². The Labute approximate surface area is 115 Å². The van der Waals surface area contributed by atoms with Crippen molar-refractivity contribution in [2.75, 3.05) is 6.61 Å². The molecule has 1 aliphatic carbocycles. The van der Waals surface area contributed by atoms with Crippen LogP contribution in [-0.4, -0.2) is 17.6 Å². The van der Waals surface area contributed by atoms with Gasteiger partial charge in [0.15, 0.2) is 0 Å². The summed E-state index contributed by atoms with van der Waals surface area (Å²) in [5.74, 6) is -0.238. The highest BCUT2D eigenvalue weighted by Crippen LogP contribution is 2.36. The van der Waals surface area contributed by atoms with Crippen molar-refractivity contribution in [2.45, 2.75) is 58.8 Å². The van der Waals surface area contributed by atoms with Gasteiger partial charge in [-0.1, -0.05) is 20.8 Å². The predicted molar refractivity (Wildman–Crippen MR) is 75.5 cm³/mol. The molecule has 1 aromatic rings. The molecule has 0 bridgehead atoms. The first-order valence-electron chi connectivity index (χ1n) is 7.20. The third kappa shape index (κ3) is 2.65. The second kappa shape index (κ2) is 5.32. The van der Waals surface area contributed by atoms with Gasteiger partial charge in [-0.15, -0.1) is 0 Å². The summed E-state index contributed by atoms with van der Waals surface area (Å²) in [4.78, 5) is 16.8. The van der Waals surface area contributed by atoms with Crippen LogP contribution < -0.4 is 0 Å². The van der Waals surface area contributed by atoms with Gasteiger partial charge in [0.1, 0.15) is 0 Å². The number of rotatable bonds is 3. The zero-order valence-corrected chi connectivity index (χ0v) is 12.4. The lowest BCUT2D eigenvalue weighted by Crippen LogP contribution is -2.27. The summed E-state index contributed by atoms with van der Waals surface area (Å²) in [6.07, 6.45) is 4.10. The van der Waals surface area contributed by atoms with E-state index < -0.39 is 0 Å². The molecule has 19 heavy (non-hydrogen) atoms. The number of pyridine rings is 1. The molecule has 0 fully saturated rings. The van der Waals surface area contributed by atoms with Crippen molar-refractivity contribution in [3.8, 4) is 0 Å². The van der Waals surface area contributed by atoms with Crippen molar-refractivity contribution < 1.29 is 9.53 Å². The van der Waals surface area contributed by atoms with Gasteiger partial charge in [0.2, 0.25) is 0 Å². The van der Waals surface area contributed by atoms with Crippen LogP contribution in [0.5, 0.6) is 0 Å². The fourth-order valence-electron chi connectivity index (χ4n) is 2.86. The summed E-state index contributed by atoms with van der Waals surface area (Å²) in [6.45, 7) is 8.75. The number of hydrogen-bond donors (Lipinski definition) is 0. The van der Waals surface area contributed by atoms with Gasteiger partial charge in [0.25, 0.3) is 0 Å². The molecule has 1 heterocycles. The van der Waals surface area contributed by atoms with Crippen molar-refractivity contribution in [1.82, 2.24) is 4.98 Å². The smallest absolute Gasteiger partial charge is 0.339 e. The standard InChI is InChI=1S/C16H23NO2/c1-5-13-12(15(18)19-6-2)10-11-8-7-9-16(3,4)14(11)17-13/h10H,5-9H2,1-4H3. The summed E-state index contributed by atoms with van der Waals surface area (Å²) in [5, 5.41) is 0. The maximum Gasteiger partial charge on any atom is 0.339 e. The second-order valence-corrected chi connectivity index (χ2v) is 5.80. The molecule has 0 amide bonds. The van der Waals surface area contributed by atoms with Crippen molar-refractivity contribution in [3.63, 3.8) is 0 Å². The maximum atomic E-state index is 12.0. The Morgan fingerprint density at radius 2 is 2.16 bits per heavy atom. The average molecular weight is 261 g/mol. The molecule has 104 valence electrons. The van der Waals surface area contributed by atoms with Gasteiger partial charge in [-0.25, -0.2) is 4.79 Å². The topological polar surface area (TPSA) is 39.2 Å². The van der Waals surface area contributed by atoms with Crippen LogP contribution in [0, 0.1) is 0 Å². The highest BCUT2D eigenvalue weighted by atomic mass is 16.5. The van der Waals surface area contributed by atoms with Crippen LogP contribution in [0.2, 0.25) is 0 Å². The van der Waals surface area contributed by atoms with Gasteiger partial charge >= 0.3 is 5.97 Å². The van der Waals surface area contributed by atoms with Crippen LogP contribution in [0.25, 0.3) is 0 Å². The Morgan fingerprint density at radius 3 is 2.79 bits per heavy atom. The molecule has 0 atom stereocenters. The van der Waals surface area contributed by atoms with E-state index in [4.69, 9.17) is 9.72 Å². The van der Waals surface area contributed by atoms with E-state index in [1.165, 1.54) is 11.3 Å². The lowest BCUT2D eigenvalue weighted by atomic mass is 9.75. The number of fused-ring (bicyclic) bond motifs is 1. The summed E-state index contributed by atoms with van der Waals surface area (Å²) in [5.41, 5.74) is 4.03. The van der Waals surface area contributed by atoms with E-state index in [-0.39, 0.29) is 11.4 Å². The van der Waals surface area contributed by atoms with Crippen molar-refractivity contribution in [1.29, 1.82) is 0 Å². The number of aryl methyl sites for hydroxylation is 2. The van der Waals surface area contributed by atoms with Crippen LogP contribution in [0.1, 0.15) is 67.8 Å². The van der Waals surface area contributed by atoms with E-state index in [2.05, 4.69) is 13.8 Å². The Morgan fingerprint density at radius 1 is 1.42 bits per heavy atom. The SMILES string of the molecule is CCOC(=O)c1cc2c(nc1CC)C(C)(C)CCC2. The molecular weight excluding hydrogens is 238 g/mol. The fourth-order valence-corrected chi connectivity index (χ4v) is 2.86. The highest BCUT2D eigenvalue weighted by Gasteiger charge is 2.30. The van der Waals surface area contributed by atoms with Crippen molar-refractivity contribution in [3.05, 3.63) is 28.6 Å². The molecular formula is C16H23NO2. The molecule has 0 unspecified atom stereocenters. The van der Waals surface area contributed by atoms with Gasteiger partial charge in [0, 0.05) is 11.1 Å². The number of hydrogen-bond acceptors (Lipinski definition) is 3. The fraction of sp³-hybridized carbons (Fsp3) is 0.625. The minimum absolute atomic E-state index is 0.116. The van der Waals surface area contributed by atoms with E-state index in [0.717, 1.165) is 31.4 Å². The Hall–Kier alpha value is -1.38. The van der Waals surface area contributed by atoms with Gasteiger partial charge in [0.05, 0.1) is 17.9 Å². The minimum Gasteiger partial charge on any atom is -0.462 e. The van der Waals surface area contributed by atoms with E-state index in [0.29, 0.717) is 12.2 Å². The normalized spacial score (nSPS) is 16.8. The third-order valence-corrected chi connectivity index (χ3v) is 3.90. The molecule has 0 saturated heterocycles. The highest BCUT2D eigenvalue weighted by molar-refractivity contribution is 5.91. The molecule has 1 aliphatic rings. The van der Waals surface area contributed by atoms with Crippen LogP contribution >= 0.6 is 0 Å². The Balaban J connectivity index is 2.50. The Bertz CT molecular complexity index is 492. The molecule has 0 radical (unpaired) electrons. The summed E-state index contributed by atoms with van der Waals surface area (Å²) in [7, 11) is 0. The summed E-state index contributed by atoms with van der Waals surface area (Å²) < 4.78 is 5.13. The van der Waals surface area contributed by atoms with Gasteiger partial charge in [-0.05, 0) is 44.2 Å². The lowest BCUT2D eigenvalue weighted by molar-refractivity contribution is 0.0524. The monoisotopic (exact) mass is 261 g/mol. The summed E-state index contributed by atoms with van der Waals surface area (Å²) in [6, 6.07) is 2.01. The molecule has 0 N–H and O–H groups in total. The first-order valence-corrected chi connectivity index (χ1v) is 7.20. The number of nitrogens with zero attached hydrogens (tertiary/aromatic N) is 1. The largest absolute Gasteiger partial charge is 0.462 e. The van der Waals surface area contributed by atoms with E-state index >= 15 is 0 Å². The summed E-state index contributed by atoms with van der Waals surface area (Å²) >= 11 is 0. The van der Waals surface area contributed by atoms with Gasteiger partial charge < -0.3 is 4.74 Å². The maximum absolute atomic E-state index is 12.0. The van der Waals surface area contributed by atoms with Crippen molar-refractivity contribution >= 4 is 5.97 Å². The minimum atomic E-state index is -0.238. The van der Waals surface area contributed by atoms with E-state index in [9.17, 15) is 4.79 Å². The van der Waals surface area contributed by atoms with Crippen LogP contribution in [0.3, 0.4) is 0 Å². The predicted octanol–water partition coefficient (Wildman–Crippen LogP) is 3.43. The van der Waals surface area contributed by atoms with Crippen LogP contribution in [0.4, 0.5) is 0 Å². The molecule has 3 nitrogen and oxygen atoms in total. The lowest BCUT2D eigenvalue weighted by Gasteiger charge is -2.32. The van der Waals surface area contributed by atoms with E-state index in [1.54, 1.807) is 0 Å². The number of aromatic nitrogens is 1. The molecule has 3 heteroatoms. The first kappa shape index (κ1) is 14.0. The quantitative estimate of drug-likeness (QED) is 0.782. The zero-order valence-electron chi connectivity index (χ0n) is 12.4. The number of carbonyl (C=O) groups excluding carboxylic acids is 1. The molecule has 0 spiro atoms. The number of carbonyl (C=O) groups is 1. The van der Waals surface area contributed by atoms with Gasteiger partial charge in [-0.2, -0.15) is 0 Å². The molecule has 2 rings (SSSR count). The average Bonchev–Trinajstić information content (AvgIpc) is 2.37. The second-order valence-electron chi connectivity index (χ2n) is 5.80. The zero-order chi connectivity index (χ0) is 14.0. The van der Waals surface area contributed by atoms with Crippen LogP contribution in [-0.2, 0) is 23.0 Å².